The molecule has 0 radical (unpaired) electrons. The average Bonchev–Trinajstić information content (AvgIpc) is 3.19. The van der Waals surface area contributed by atoms with Crippen LogP contribution in [0.25, 0.3) is 5.82 Å². The summed E-state index contributed by atoms with van der Waals surface area (Å²) in [5.74, 6) is 0.920. The molecule has 0 bridgehead atoms. The molecule has 8 heteroatoms. The Hall–Kier alpha value is -3.42. The third-order valence-electron chi connectivity index (χ3n) is 4.16. The highest BCUT2D eigenvalue weighted by molar-refractivity contribution is 5.79. The standard InChI is InChI=1S/C20H23N5O3/c1-14-11-15(2)13-17(12-14)28-10-8-21-20(27)16(3)25-19(26)6-5-18(23-25)24-9-4-7-22-24/h4-7,9,11-13,16H,8,10H2,1-3H3,(H,21,27). The number of hydrogen-bond donors (Lipinski definition) is 1. The van der Waals surface area contributed by atoms with Crippen LogP contribution in [0.4, 0.5) is 0 Å². The van der Waals surface area contributed by atoms with Crippen LogP contribution in [0.3, 0.4) is 0 Å². The number of aryl methyl sites for hydroxylation is 2. The van der Waals surface area contributed by atoms with Crippen LogP contribution in [0.15, 0.2) is 53.6 Å². The second-order valence-corrected chi connectivity index (χ2v) is 6.56. The van der Waals surface area contributed by atoms with Gasteiger partial charge in [0.1, 0.15) is 18.4 Å². The first-order valence-electron chi connectivity index (χ1n) is 9.03. The molecule has 0 aliphatic rings. The van der Waals surface area contributed by atoms with Crippen LogP contribution in [-0.4, -0.2) is 38.6 Å². The lowest BCUT2D eigenvalue weighted by Crippen LogP contribution is -2.38. The Morgan fingerprint density at radius 3 is 2.64 bits per heavy atom. The molecule has 0 saturated carbocycles. The van der Waals surface area contributed by atoms with Crippen molar-refractivity contribution < 1.29 is 9.53 Å². The lowest BCUT2D eigenvalue weighted by Gasteiger charge is -2.15. The van der Waals surface area contributed by atoms with Gasteiger partial charge in [-0.05, 0) is 56.2 Å². The predicted octanol–water partition coefficient (Wildman–Crippen LogP) is 1.80. The summed E-state index contributed by atoms with van der Waals surface area (Å²) < 4.78 is 8.36. The van der Waals surface area contributed by atoms with Gasteiger partial charge in [0, 0.05) is 18.5 Å². The number of rotatable bonds is 7. The molecule has 1 atom stereocenters. The number of nitrogens with zero attached hydrogens (tertiary/aromatic N) is 4. The minimum absolute atomic E-state index is 0.309. The summed E-state index contributed by atoms with van der Waals surface area (Å²) in [6.07, 6.45) is 3.33. The third kappa shape index (κ3) is 4.64. The largest absolute Gasteiger partial charge is 0.492 e. The summed E-state index contributed by atoms with van der Waals surface area (Å²) >= 11 is 0. The Kier molecular flexibility index (Phi) is 5.88. The first-order valence-corrected chi connectivity index (χ1v) is 9.03. The minimum atomic E-state index is -0.760. The van der Waals surface area contributed by atoms with Crippen LogP contribution in [-0.2, 0) is 4.79 Å². The van der Waals surface area contributed by atoms with Crippen molar-refractivity contribution in [3.63, 3.8) is 0 Å². The van der Waals surface area contributed by atoms with Crippen LogP contribution < -0.4 is 15.6 Å². The Balaban J connectivity index is 1.58. The van der Waals surface area contributed by atoms with Crippen molar-refractivity contribution in [1.29, 1.82) is 0 Å². The van der Waals surface area contributed by atoms with Crippen LogP contribution in [0, 0.1) is 13.8 Å². The third-order valence-corrected chi connectivity index (χ3v) is 4.16. The van der Waals surface area contributed by atoms with Crippen molar-refractivity contribution in [3.05, 3.63) is 70.3 Å². The van der Waals surface area contributed by atoms with Gasteiger partial charge < -0.3 is 10.1 Å². The second kappa shape index (κ2) is 8.51. The summed E-state index contributed by atoms with van der Waals surface area (Å²) in [4.78, 5) is 24.6. The molecule has 3 aromatic rings. The zero-order valence-corrected chi connectivity index (χ0v) is 16.1. The number of benzene rings is 1. The Labute approximate surface area is 162 Å². The van der Waals surface area contributed by atoms with Crippen LogP contribution in [0.5, 0.6) is 5.75 Å². The molecular weight excluding hydrogens is 358 g/mol. The number of hydrogen-bond acceptors (Lipinski definition) is 5. The topological polar surface area (TPSA) is 91.0 Å². The van der Waals surface area contributed by atoms with E-state index in [-0.39, 0.29) is 11.5 Å². The molecule has 8 nitrogen and oxygen atoms in total. The summed E-state index contributed by atoms with van der Waals surface area (Å²) in [6.45, 7) is 6.29. The number of ether oxygens (including phenoxy) is 1. The Bertz CT molecular complexity index is 991. The zero-order chi connectivity index (χ0) is 20.1. The SMILES string of the molecule is Cc1cc(C)cc(OCCNC(=O)C(C)n2nc(-n3cccn3)ccc2=O)c1. The van der Waals surface area contributed by atoms with E-state index in [1.165, 1.54) is 10.7 Å². The Morgan fingerprint density at radius 1 is 1.21 bits per heavy atom. The van der Waals surface area contributed by atoms with Gasteiger partial charge in [-0.25, -0.2) is 9.36 Å². The highest BCUT2D eigenvalue weighted by atomic mass is 16.5. The van der Waals surface area contributed by atoms with E-state index < -0.39 is 6.04 Å². The molecule has 0 fully saturated rings. The van der Waals surface area contributed by atoms with Crippen LogP contribution in [0.2, 0.25) is 0 Å². The molecular formula is C20H23N5O3. The smallest absolute Gasteiger partial charge is 0.267 e. The monoisotopic (exact) mass is 381 g/mol. The number of amides is 1. The van der Waals surface area contributed by atoms with Crippen molar-refractivity contribution in [3.8, 4) is 11.6 Å². The van der Waals surface area contributed by atoms with E-state index >= 15 is 0 Å². The van der Waals surface area contributed by atoms with Gasteiger partial charge in [-0.15, -0.1) is 5.10 Å². The van der Waals surface area contributed by atoms with E-state index in [1.807, 2.05) is 26.0 Å². The fourth-order valence-corrected chi connectivity index (χ4v) is 2.84. The molecule has 2 heterocycles. The van der Waals surface area contributed by atoms with Gasteiger partial charge in [-0.1, -0.05) is 6.07 Å². The molecule has 2 aromatic heterocycles. The van der Waals surface area contributed by atoms with Crippen molar-refractivity contribution in [2.24, 2.45) is 0 Å². The van der Waals surface area contributed by atoms with Crippen molar-refractivity contribution >= 4 is 5.91 Å². The van der Waals surface area contributed by atoms with Gasteiger partial charge in [0.2, 0.25) is 5.91 Å². The quantitative estimate of drug-likeness (QED) is 0.630. The molecule has 28 heavy (non-hydrogen) atoms. The molecule has 0 spiro atoms. The maximum atomic E-state index is 12.4. The first kappa shape index (κ1) is 19.3. The van der Waals surface area contributed by atoms with Gasteiger partial charge in [0.25, 0.3) is 5.56 Å². The molecule has 1 unspecified atom stereocenters. The number of nitrogens with one attached hydrogen (secondary N) is 1. The maximum Gasteiger partial charge on any atom is 0.267 e. The number of carbonyl (C=O) groups excluding carboxylic acids is 1. The summed E-state index contributed by atoms with van der Waals surface area (Å²) in [6, 6.07) is 9.89. The molecule has 1 N–H and O–H groups in total. The molecule has 1 aromatic carbocycles. The van der Waals surface area contributed by atoms with E-state index in [4.69, 9.17) is 4.74 Å². The van der Waals surface area contributed by atoms with E-state index in [9.17, 15) is 9.59 Å². The molecule has 1 amide bonds. The fraction of sp³-hybridized carbons (Fsp3) is 0.300. The summed E-state index contributed by atoms with van der Waals surface area (Å²) in [5.41, 5.74) is 1.88. The lowest BCUT2D eigenvalue weighted by atomic mass is 10.1. The molecule has 0 aliphatic heterocycles. The molecule has 0 saturated heterocycles. The van der Waals surface area contributed by atoms with Crippen molar-refractivity contribution in [1.82, 2.24) is 24.9 Å². The van der Waals surface area contributed by atoms with E-state index in [0.29, 0.717) is 19.0 Å². The van der Waals surface area contributed by atoms with Crippen LogP contribution >= 0.6 is 0 Å². The highest BCUT2D eigenvalue weighted by Crippen LogP contribution is 2.15. The van der Waals surface area contributed by atoms with E-state index in [1.54, 1.807) is 31.5 Å². The molecule has 0 aliphatic carbocycles. The zero-order valence-electron chi connectivity index (χ0n) is 16.1. The molecule has 146 valence electrons. The van der Waals surface area contributed by atoms with Gasteiger partial charge in [-0.2, -0.15) is 5.10 Å². The molecule has 3 rings (SSSR count). The van der Waals surface area contributed by atoms with E-state index in [2.05, 4.69) is 21.6 Å². The predicted molar refractivity (Wildman–Crippen MR) is 105 cm³/mol. The van der Waals surface area contributed by atoms with Gasteiger partial charge in [0.05, 0.1) is 6.54 Å². The normalized spacial score (nSPS) is 11.8. The average molecular weight is 381 g/mol. The lowest BCUT2D eigenvalue weighted by molar-refractivity contribution is -0.124. The Morgan fingerprint density at radius 2 is 1.96 bits per heavy atom. The minimum Gasteiger partial charge on any atom is -0.492 e. The summed E-state index contributed by atoms with van der Waals surface area (Å²) in [5, 5.41) is 11.1. The maximum absolute atomic E-state index is 12.4. The first-order chi connectivity index (χ1) is 13.4. The van der Waals surface area contributed by atoms with E-state index in [0.717, 1.165) is 21.6 Å². The number of aromatic nitrogens is 4. The summed E-state index contributed by atoms with van der Waals surface area (Å²) in [7, 11) is 0. The van der Waals surface area contributed by atoms with Gasteiger partial charge in [0.15, 0.2) is 5.82 Å². The van der Waals surface area contributed by atoms with Gasteiger partial charge >= 0.3 is 0 Å². The van der Waals surface area contributed by atoms with Crippen molar-refractivity contribution in [2.45, 2.75) is 26.8 Å². The second-order valence-electron chi connectivity index (χ2n) is 6.56. The number of carbonyl (C=O) groups is 1. The van der Waals surface area contributed by atoms with Gasteiger partial charge in [-0.3, -0.25) is 9.59 Å². The van der Waals surface area contributed by atoms with Crippen molar-refractivity contribution in [2.75, 3.05) is 13.2 Å². The fourth-order valence-electron chi connectivity index (χ4n) is 2.84. The highest BCUT2D eigenvalue weighted by Gasteiger charge is 2.17. The van der Waals surface area contributed by atoms with Crippen LogP contribution in [0.1, 0.15) is 24.1 Å².